The Morgan fingerprint density at radius 2 is 1.57 bits per heavy atom. The number of carbonyl (C=O) groups excluding carboxylic acids is 1. The van der Waals surface area contributed by atoms with Gasteiger partial charge in [0.25, 0.3) is 5.91 Å². The fraction of sp³-hybridized carbons (Fsp3) is 0.222. The van der Waals surface area contributed by atoms with E-state index in [1.807, 2.05) is 54.6 Å². The molecule has 2 aromatic carbocycles. The summed E-state index contributed by atoms with van der Waals surface area (Å²) in [5.74, 6) is -1.74. The van der Waals surface area contributed by atoms with Crippen molar-refractivity contribution in [1.29, 1.82) is 0 Å². The van der Waals surface area contributed by atoms with Gasteiger partial charge in [-0.2, -0.15) is 0 Å². The molecule has 0 fully saturated rings. The lowest BCUT2D eigenvalue weighted by atomic mass is 9.84. The summed E-state index contributed by atoms with van der Waals surface area (Å²) in [5.41, 5.74) is 3.50. The van der Waals surface area contributed by atoms with Crippen molar-refractivity contribution in [2.24, 2.45) is 5.41 Å². The predicted octanol–water partition coefficient (Wildman–Crippen LogP) is 2.10. The highest BCUT2D eigenvalue weighted by Gasteiger charge is 2.50. The number of carboxylic acids is 1. The maximum Gasteiger partial charge on any atom is 0.319 e. The minimum atomic E-state index is -1.50. The highest BCUT2D eigenvalue weighted by molar-refractivity contribution is 6.03. The van der Waals surface area contributed by atoms with Crippen molar-refractivity contribution in [3.8, 4) is 0 Å². The molecule has 0 saturated carbocycles. The summed E-state index contributed by atoms with van der Waals surface area (Å²) in [6, 6.07) is 16.8. The SMILES string of the molecule is O=C(O)C1(C(=O)NOCc2ccccc2)Cc2ccccc2C1. The quantitative estimate of drug-likeness (QED) is 0.655. The van der Waals surface area contributed by atoms with E-state index in [0.29, 0.717) is 0 Å². The highest BCUT2D eigenvalue weighted by atomic mass is 16.7. The van der Waals surface area contributed by atoms with Crippen molar-refractivity contribution in [3.63, 3.8) is 0 Å². The summed E-state index contributed by atoms with van der Waals surface area (Å²) in [6.07, 6.45) is 0.359. The minimum Gasteiger partial charge on any atom is -0.480 e. The van der Waals surface area contributed by atoms with Crippen LogP contribution in [0.1, 0.15) is 16.7 Å². The third-order valence-corrected chi connectivity index (χ3v) is 4.19. The van der Waals surface area contributed by atoms with E-state index < -0.39 is 17.3 Å². The molecule has 0 saturated heterocycles. The maximum absolute atomic E-state index is 12.5. The minimum absolute atomic E-state index is 0.180. The second-order valence-electron chi connectivity index (χ2n) is 5.71. The first kappa shape index (κ1) is 15.2. The lowest BCUT2D eigenvalue weighted by Crippen LogP contribution is -2.47. The van der Waals surface area contributed by atoms with E-state index >= 15 is 0 Å². The summed E-state index contributed by atoms with van der Waals surface area (Å²) < 4.78 is 0. The van der Waals surface area contributed by atoms with Crippen LogP contribution in [0.15, 0.2) is 54.6 Å². The number of amides is 1. The number of hydrogen-bond donors (Lipinski definition) is 2. The van der Waals surface area contributed by atoms with Gasteiger partial charge in [-0.1, -0.05) is 54.6 Å². The zero-order valence-electron chi connectivity index (χ0n) is 12.5. The molecule has 5 nitrogen and oxygen atoms in total. The first-order chi connectivity index (χ1) is 11.1. The number of fused-ring (bicyclic) bond motifs is 1. The summed E-state index contributed by atoms with van der Waals surface area (Å²) in [6.45, 7) is 0.190. The van der Waals surface area contributed by atoms with Crippen LogP contribution in [0, 0.1) is 5.41 Å². The molecule has 0 unspecified atom stereocenters. The Morgan fingerprint density at radius 3 is 2.13 bits per heavy atom. The fourth-order valence-electron chi connectivity index (χ4n) is 2.88. The number of aliphatic carboxylic acids is 1. The van der Waals surface area contributed by atoms with Crippen LogP contribution in [0.3, 0.4) is 0 Å². The first-order valence-electron chi connectivity index (χ1n) is 7.38. The van der Waals surface area contributed by atoms with E-state index in [4.69, 9.17) is 4.84 Å². The van der Waals surface area contributed by atoms with Gasteiger partial charge in [0.2, 0.25) is 0 Å². The molecule has 1 aliphatic carbocycles. The van der Waals surface area contributed by atoms with Gasteiger partial charge in [0.1, 0.15) is 0 Å². The molecule has 5 heteroatoms. The molecule has 23 heavy (non-hydrogen) atoms. The molecule has 0 bridgehead atoms. The molecule has 2 aromatic rings. The lowest BCUT2D eigenvalue weighted by molar-refractivity contribution is -0.161. The van der Waals surface area contributed by atoms with Gasteiger partial charge in [-0.25, -0.2) is 5.48 Å². The molecule has 0 aromatic heterocycles. The van der Waals surface area contributed by atoms with Crippen LogP contribution in [0.5, 0.6) is 0 Å². The van der Waals surface area contributed by atoms with E-state index in [1.54, 1.807) is 0 Å². The van der Waals surface area contributed by atoms with E-state index in [0.717, 1.165) is 16.7 Å². The van der Waals surface area contributed by atoms with E-state index in [9.17, 15) is 14.7 Å². The number of hydrogen-bond acceptors (Lipinski definition) is 3. The normalized spacial score (nSPS) is 15.0. The summed E-state index contributed by atoms with van der Waals surface area (Å²) in [7, 11) is 0. The standard InChI is InChI=1S/C18H17NO4/c20-16(19-23-12-13-6-2-1-3-7-13)18(17(21)22)10-14-8-4-5-9-15(14)11-18/h1-9H,10-12H2,(H,19,20)(H,21,22). The van der Waals surface area contributed by atoms with Gasteiger partial charge < -0.3 is 5.11 Å². The Balaban J connectivity index is 1.68. The van der Waals surface area contributed by atoms with Crippen LogP contribution in [-0.4, -0.2) is 17.0 Å². The predicted molar refractivity (Wildman–Crippen MR) is 83.3 cm³/mol. The molecule has 1 amide bonds. The first-order valence-corrected chi connectivity index (χ1v) is 7.38. The van der Waals surface area contributed by atoms with Crippen LogP contribution < -0.4 is 5.48 Å². The molecular weight excluding hydrogens is 294 g/mol. The fourth-order valence-corrected chi connectivity index (χ4v) is 2.88. The van der Waals surface area contributed by atoms with E-state index in [1.165, 1.54) is 0 Å². The molecule has 0 spiro atoms. The number of carbonyl (C=O) groups is 2. The Hall–Kier alpha value is -2.66. The van der Waals surface area contributed by atoms with E-state index in [2.05, 4.69) is 5.48 Å². The Labute approximate surface area is 133 Å². The number of hydroxylamine groups is 1. The van der Waals surface area contributed by atoms with Gasteiger partial charge >= 0.3 is 5.97 Å². The molecular formula is C18H17NO4. The third-order valence-electron chi connectivity index (χ3n) is 4.19. The Morgan fingerprint density at radius 1 is 1.00 bits per heavy atom. The molecule has 0 heterocycles. The molecule has 3 rings (SSSR count). The van der Waals surface area contributed by atoms with Crippen LogP contribution in [0.25, 0.3) is 0 Å². The second-order valence-corrected chi connectivity index (χ2v) is 5.71. The smallest absolute Gasteiger partial charge is 0.319 e. The van der Waals surface area contributed by atoms with Gasteiger partial charge in [-0.3, -0.25) is 14.4 Å². The van der Waals surface area contributed by atoms with Crippen LogP contribution in [-0.2, 0) is 33.9 Å². The van der Waals surface area contributed by atoms with Crippen molar-refractivity contribution in [1.82, 2.24) is 5.48 Å². The van der Waals surface area contributed by atoms with Crippen molar-refractivity contribution >= 4 is 11.9 Å². The van der Waals surface area contributed by atoms with Crippen molar-refractivity contribution in [2.45, 2.75) is 19.4 Å². The highest BCUT2D eigenvalue weighted by Crippen LogP contribution is 2.37. The van der Waals surface area contributed by atoms with Crippen molar-refractivity contribution < 1.29 is 19.5 Å². The van der Waals surface area contributed by atoms with Gasteiger partial charge in [-0.05, 0) is 29.5 Å². The zero-order chi connectivity index (χ0) is 16.3. The van der Waals surface area contributed by atoms with Crippen LogP contribution in [0.4, 0.5) is 0 Å². The van der Waals surface area contributed by atoms with Crippen LogP contribution >= 0.6 is 0 Å². The summed E-state index contributed by atoms with van der Waals surface area (Å²) >= 11 is 0. The monoisotopic (exact) mass is 311 g/mol. The second kappa shape index (κ2) is 6.22. The van der Waals surface area contributed by atoms with Gasteiger partial charge in [0.05, 0.1) is 6.61 Å². The Bertz CT molecular complexity index is 702. The van der Waals surface area contributed by atoms with Crippen molar-refractivity contribution in [3.05, 3.63) is 71.3 Å². The average Bonchev–Trinajstić information content (AvgIpc) is 2.97. The largest absolute Gasteiger partial charge is 0.480 e. The Kier molecular flexibility index (Phi) is 4.12. The molecule has 0 atom stereocenters. The maximum atomic E-state index is 12.5. The molecule has 0 radical (unpaired) electrons. The molecule has 118 valence electrons. The number of carboxylic acid groups (broad SMARTS) is 1. The van der Waals surface area contributed by atoms with Crippen LogP contribution in [0.2, 0.25) is 0 Å². The molecule has 1 aliphatic rings. The van der Waals surface area contributed by atoms with Gasteiger partial charge in [-0.15, -0.1) is 0 Å². The van der Waals surface area contributed by atoms with Gasteiger partial charge in [0.15, 0.2) is 5.41 Å². The van der Waals surface area contributed by atoms with Crippen molar-refractivity contribution in [2.75, 3.05) is 0 Å². The number of nitrogens with one attached hydrogen (secondary N) is 1. The lowest BCUT2D eigenvalue weighted by Gasteiger charge is -2.22. The topological polar surface area (TPSA) is 75.6 Å². The summed E-state index contributed by atoms with van der Waals surface area (Å²) in [5, 5.41) is 9.61. The third kappa shape index (κ3) is 2.96. The van der Waals surface area contributed by atoms with Gasteiger partial charge in [0, 0.05) is 0 Å². The zero-order valence-corrected chi connectivity index (χ0v) is 12.5. The average molecular weight is 311 g/mol. The van der Waals surface area contributed by atoms with E-state index in [-0.39, 0.29) is 19.4 Å². The number of benzene rings is 2. The summed E-state index contributed by atoms with van der Waals surface area (Å²) in [4.78, 5) is 29.4. The molecule has 0 aliphatic heterocycles. The molecule has 2 N–H and O–H groups in total. The number of rotatable bonds is 5.